The molecule has 0 bridgehead atoms. The lowest BCUT2D eigenvalue weighted by Crippen LogP contribution is -2.10. The maximum Gasteiger partial charge on any atom is 0.122 e. The summed E-state index contributed by atoms with van der Waals surface area (Å²) in [5.74, 6) is 1.49. The molecule has 1 atom stereocenters. The smallest absolute Gasteiger partial charge is 0.122 e. The second-order valence-electron chi connectivity index (χ2n) is 4.18. The van der Waals surface area contributed by atoms with Crippen LogP contribution in [0.5, 0.6) is 11.5 Å². The molecule has 2 rings (SSSR count). The summed E-state index contributed by atoms with van der Waals surface area (Å²) in [6.45, 7) is 2.07. The van der Waals surface area contributed by atoms with Crippen molar-refractivity contribution in [2.24, 2.45) is 5.73 Å². The van der Waals surface area contributed by atoms with Gasteiger partial charge in [-0.25, -0.2) is 0 Å². The Kier molecular flexibility index (Phi) is 4.50. The van der Waals surface area contributed by atoms with Crippen LogP contribution in [0.25, 0.3) is 0 Å². The van der Waals surface area contributed by atoms with Crippen molar-refractivity contribution < 1.29 is 9.47 Å². The van der Waals surface area contributed by atoms with Gasteiger partial charge in [-0.2, -0.15) is 0 Å². The van der Waals surface area contributed by atoms with Crippen LogP contribution in [-0.2, 0) is 0 Å². The Bertz CT molecular complexity index is 541. The van der Waals surface area contributed by atoms with Gasteiger partial charge in [-0.15, -0.1) is 11.3 Å². The summed E-state index contributed by atoms with van der Waals surface area (Å²) in [5, 5.41) is 0. The topological polar surface area (TPSA) is 44.5 Å². The van der Waals surface area contributed by atoms with Crippen LogP contribution >= 0.6 is 27.3 Å². The molecule has 19 heavy (non-hydrogen) atoms. The van der Waals surface area contributed by atoms with Gasteiger partial charge >= 0.3 is 0 Å². The van der Waals surface area contributed by atoms with Crippen molar-refractivity contribution in [3.05, 3.63) is 44.1 Å². The number of nitrogens with two attached hydrogens (primary N) is 1. The maximum atomic E-state index is 6.32. The minimum absolute atomic E-state index is 0.181. The molecule has 3 nitrogen and oxygen atoms in total. The van der Waals surface area contributed by atoms with Crippen LogP contribution < -0.4 is 15.2 Å². The first-order valence-electron chi connectivity index (χ1n) is 5.79. The minimum Gasteiger partial charge on any atom is -0.497 e. The van der Waals surface area contributed by atoms with Crippen LogP contribution in [0.4, 0.5) is 0 Å². The van der Waals surface area contributed by atoms with E-state index in [4.69, 9.17) is 15.2 Å². The van der Waals surface area contributed by atoms with E-state index in [0.717, 1.165) is 26.4 Å². The molecular formula is C14H16BrNO2S. The van der Waals surface area contributed by atoms with E-state index in [-0.39, 0.29) is 6.04 Å². The predicted octanol–water partition coefficient (Wildman–Crippen LogP) is 3.88. The quantitative estimate of drug-likeness (QED) is 0.917. The molecule has 0 aliphatic carbocycles. The average molecular weight is 342 g/mol. The van der Waals surface area contributed by atoms with Crippen LogP contribution in [0, 0.1) is 6.92 Å². The number of hydrogen-bond acceptors (Lipinski definition) is 4. The highest BCUT2D eigenvalue weighted by atomic mass is 79.9. The molecule has 1 aromatic heterocycles. The third kappa shape index (κ3) is 3.11. The van der Waals surface area contributed by atoms with Gasteiger partial charge in [0, 0.05) is 20.3 Å². The standard InChI is InChI=1S/C14H16BrNO2S/c1-8-12(15)7-13(19-8)14(16)9-4-10(17-2)6-11(5-9)18-3/h4-7,14H,16H2,1-3H3. The lowest BCUT2D eigenvalue weighted by atomic mass is 10.1. The van der Waals surface area contributed by atoms with E-state index in [2.05, 4.69) is 28.9 Å². The Morgan fingerprint density at radius 1 is 1.11 bits per heavy atom. The molecule has 0 aliphatic heterocycles. The molecule has 1 unspecified atom stereocenters. The number of methoxy groups -OCH3 is 2. The predicted molar refractivity (Wildman–Crippen MR) is 82.3 cm³/mol. The largest absolute Gasteiger partial charge is 0.497 e. The lowest BCUT2D eigenvalue weighted by Gasteiger charge is -2.13. The number of thiophene rings is 1. The molecule has 0 aliphatic rings. The van der Waals surface area contributed by atoms with Gasteiger partial charge in [-0.3, -0.25) is 0 Å². The van der Waals surface area contributed by atoms with Crippen LogP contribution in [0.1, 0.15) is 21.4 Å². The van der Waals surface area contributed by atoms with E-state index in [0.29, 0.717) is 0 Å². The zero-order valence-electron chi connectivity index (χ0n) is 11.1. The fourth-order valence-corrected chi connectivity index (χ4v) is 3.40. The summed E-state index contributed by atoms with van der Waals surface area (Å²) in [6, 6.07) is 7.60. The second-order valence-corrected chi connectivity index (χ2v) is 6.32. The van der Waals surface area contributed by atoms with Crippen molar-refractivity contribution in [1.82, 2.24) is 0 Å². The van der Waals surface area contributed by atoms with Gasteiger partial charge in [0.15, 0.2) is 0 Å². The van der Waals surface area contributed by atoms with Crippen molar-refractivity contribution in [3.63, 3.8) is 0 Å². The zero-order valence-corrected chi connectivity index (χ0v) is 13.5. The summed E-state index contributed by atoms with van der Waals surface area (Å²) in [6.07, 6.45) is 0. The first kappa shape index (κ1) is 14.4. The number of ether oxygens (including phenoxy) is 2. The first-order valence-corrected chi connectivity index (χ1v) is 7.40. The molecule has 1 heterocycles. The highest BCUT2D eigenvalue weighted by Gasteiger charge is 2.15. The molecule has 2 N–H and O–H groups in total. The normalized spacial score (nSPS) is 12.3. The summed E-state index contributed by atoms with van der Waals surface area (Å²) in [5.41, 5.74) is 7.30. The molecule has 0 saturated carbocycles. The molecule has 0 saturated heterocycles. The summed E-state index contributed by atoms with van der Waals surface area (Å²) >= 11 is 5.21. The lowest BCUT2D eigenvalue weighted by molar-refractivity contribution is 0.393. The number of hydrogen-bond donors (Lipinski definition) is 1. The van der Waals surface area contributed by atoms with Crippen LogP contribution in [-0.4, -0.2) is 14.2 Å². The Labute approximate surface area is 125 Å². The van der Waals surface area contributed by atoms with Crippen molar-refractivity contribution in [1.29, 1.82) is 0 Å². The van der Waals surface area contributed by atoms with E-state index in [9.17, 15) is 0 Å². The second kappa shape index (κ2) is 5.94. The molecule has 0 radical (unpaired) electrons. The Morgan fingerprint density at radius 3 is 2.11 bits per heavy atom. The van der Waals surface area contributed by atoms with Gasteiger partial charge in [-0.1, -0.05) is 0 Å². The minimum atomic E-state index is -0.181. The average Bonchev–Trinajstić information content (AvgIpc) is 2.77. The molecule has 102 valence electrons. The molecule has 0 amide bonds. The van der Waals surface area contributed by atoms with E-state index in [1.165, 1.54) is 4.88 Å². The number of aryl methyl sites for hydroxylation is 1. The molecule has 2 aromatic rings. The Hall–Kier alpha value is -1.04. The summed E-state index contributed by atoms with van der Waals surface area (Å²) in [4.78, 5) is 2.33. The molecule has 0 fully saturated rings. The van der Waals surface area contributed by atoms with E-state index >= 15 is 0 Å². The van der Waals surface area contributed by atoms with E-state index in [1.807, 2.05) is 18.2 Å². The highest BCUT2D eigenvalue weighted by molar-refractivity contribution is 9.10. The van der Waals surface area contributed by atoms with Gasteiger partial charge in [-0.05, 0) is 46.6 Å². The van der Waals surface area contributed by atoms with Gasteiger partial charge in [0.2, 0.25) is 0 Å². The van der Waals surface area contributed by atoms with Gasteiger partial charge in [0.05, 0.1) is 20.3 Å². The van der Waals surface area contributed by atoms with Crippen LogP contribution in [0.3, 0.4) is 0 Å². The van der Waals surface area contributed by atoms with E-state index < -0.39 is 0 Å². The first-order chi connectivity index (χ1) is 9.05. The fraction of sp³-hybridized carbons (Fsp3) is 0.286. The van der Waals surface area contributed by atoms with Crippen LogP contribution in [0.2, 0.25) is 0 Å². The number of benzene rings is 1. The number of rotatable bonds is 4. The molecule has 0 spiro atoms. The van der Waals surface area contributed by atoms with Crippen molar-refractivity contribution in [2.45, 2.75) is 13.0 Å². The van der Waals surface area contributed by atoms with Crippen molar-refractivity contribution in [3.8, 4) is 11.5 Å². The maximum absolute atomic E-state index is 6.32. The summed E-state index contributed by atoms with van der Waals surface area (Å²) in [7, 11) is 3.27. The van der Waals surface area contributed by atoms with Crippen molar-refractivity contribution >= 4 is 27.3 Å². The van der Waals surface area contributed by atoms with Gasteiger partial charge < -0.3 is 15.2 Å². The summed E-state index contributed by atoms with van der Waals surface area (Å²) < 4.78 is 11.6. The van der Waals surface area contributed by atoms with Gasteiger partial charge in [0.25, 0.3) is 0 Å². The Balaban J connectivity index is 2.39. The van der Waals surface area contributed by atoms with Crippen molar-refractivity contribution in [2.75, 3.05) is 14.2 Å². The van der Waals surface area contributed by atoms with E-state index in [1.54, 1.807) is 25.6 Å². The SMILES string of the molecule is COc1cc(OC)cc(C(N)c2cc(Br)c(C)s2)c1. The molecule has 1 aromatic carbocycles. The zero-order chi connectivity index (χ0) is 14.0. The number of halogens is 1. The third-order valence-corrected chi connectivity index (χ3v) is 5.14. The fourth-order valence-electron chi connectivity index (χ4n) is 1.81. The highest BCUT2D eigenvalue weighted by Crippen LogP contribution is 2.34. The van der Waals surface area contributed by atoms with Gasteiger partial charge in [0.1, 0.15) is 11.5 Å². The monoisotopic (exact) mass is 341 g/mol. The molecule has 5 heteroatoms. The van der Waals surface area contributed by atoms with Crippen LogP contribution in [0.15, 0.2) is 28.7 Å². The molecular weight excluding hydrogens is 326 g/mol. The third-order valence-electron chi connectivity index (χ3n) is 2.92. The Morgan fingerprint density at radius 2 is 1.68 bits per heavy atom.